The molecule has 0 N–H and O–H groups in total. The number of fused-ring (bicyclic) bond motifs is 3. The molecule has 0 unspecified atom stereocenters. The molecule has 1 aromatic rings. The molecule has 2 aliphatic heterocycles. The number of carbonyl (C=O) groups excluding carboxylic acids is 4. The summed E-state index contributed by atoms with van der Waals surface area (Å²) in [4.78, 5) is 49.7. The van der Waals surface area contributed by atoms with Crippen molar-refractivity contribution in [3.63, 3.8) is 0 Å². The van der Waals surface area contributed by atoms with Gasteiger partial charge in [0.05, 0.1) is 18.3 Å². The van der Waals surface area contributed by atoms with Gasteiger partial charge in [0.15, 0.2) is 11.4 Å². The first-order valence-electron chi connectivity index (χ1n) is 8.84. The molecule has 27 heavy (non-hydrogen) atoms. The molecule has 3 atom stereocenters. The Bertz CT molecular complexity index is 777. The monoisotopic (exact) mass is 374 g/mol. The summed E-state index contributed by atoms with van der Waals surface area (Å²) < 4.78 is 15.9. The van der Waals surface area contributed by atoms with E-state index in [4.69, 9.17) is 14.2 Å². The topological polar surface area (TPSA) is 96.0 Å². The van der Waals surface area contributed by atoms with Crippen LogP contribution in [0.5, 0.6) is 5.75 Å². The molecule has 1 saturated carbocycles. The highest BCUT2D eigenvalue weighted by molar-refractivity contribution is 6.02. The number of carbonyl (C=O) groups is 4. The van der Waals surface area contributed by atoms with Crippen LogP contribution in [0, 0.1) is 11.8 Å². The van der Waals surface area contributed by atoms with Crippen LogP contribution in [-0.4, -0.2) is 34.9 Å². The van der Waals surface area contributed by atoms with Crippen molar-refractivity contribution in [2.75, 3.05) is 0 Å². The van der Waals surface area contributed by atoms with Crippen LogP contribution in [-0.2, 0) is 28.7 Å². The smallest absolute Gasteiger partial charge is 0.315 e. The largest absolute Gasteiger partial charge is 0.460 e. The second-order valence-electron chi connectivity index (χ2n) is 7.96. The number of hydrogen-bond donors (Lipinski definition) is 0. The van der Waals surface area contributed by atoms with Gasteiger partial charge >= 0.3 is 17.9 Å². The fraction of sp³-hybridized carbons (Fsp3) is 0.500. The van der Waals surface area contributed by atoms with Crippen LogP contribution in [0.4, 0.5) is 0 Å². The molecular formula is C20H22O7. The van der Waals surface area contributed by atoms with Gasteiger partial charge in [-0.05, 0) is 32.9 Å². The lowest BCUT2D eigenvalue weighted by atomic mass is 9.66. The van der Waals surface area contributed by atoms with Gasteiger partial charge < -0.3 is 14.2 Å². The zero-order chi connectivity index (χ0) is 19.8. The van der Waals surface area contributed by atoms with Gasteiger partial charge in [-0.1, -0.05) is 18.2 Å². The molecule has 0 amide bonds. The Hall–Kier alpha value is -2.70. The summed E-state index contributed by atoms with van der Waals surface area (Å²) >= 11 is 0. The summed E-state index contributed by atoms with van der Waals surface area (Å²) in [5.74, 6) is -3.64. The molecule has 2 saturated heterocycles. The molecule has 2 heterocycles. The second-order valence-corrected chi connectivity index (χ2v) is 7.96. The van der Waals surface area contributed by atoms with E-state index < -0.39 is 47.4 Å². The van der Waals surface area contributed by atoms with Gasteiger partial charge in [0.1, 0.15) is 11.4 Å². The number of hydrogen-bond acceptors (Lipinski definition) is 7. The second kappa shape index (κ2) is 6.79. The van der Waals surface area contributed by atoms with Crippen LogP contribution >= 0.6 is 0 Å². The summed E-state index contributed by atoms with van der Waals surface area (Å²) in [5, 5.41) is 0. The van der Waals surface area contributed by atoms with Crippen molar-refractivity contribution in [2.24, 2.45) is 11.8 Å². The predicted octanol–water partition coefficient (Wildman–Crippen LogP) is 2.21. The van der Waals surface area contributed by atoms with Crippen LogP contribution in [0.1, 0.15) is 40.0 Å². The Kier molecular flexibility index (Phi) is 4.80. The highest BCUT2D eigenvalue weighted by Gasteiger charge is 2.61. The molecule has 2 bridgehead atoms. The predicted molar refractivity (Wildman–Crippen MR) is 92.6 cm³/mol. The summed E-state index contributed by atoms with van der Waals surface area (Å²) in [6, 6.07) is 8.47. The Morgan fingerprint density at radius 2 is 1.85 bits per heavy atom. The van der Waals surface area contributed by atoms with Gasteiger partial charge in [0.2, 0.25) is 0 Å². The third kappa shape index (κ3) is 4.02. The van der Waals surface area contributed by atoms with Crippen molar-refractivity contribution in [3.05, 3.63) is 30.3 Å². The summed E-state index contributed by atoms with van der Waals surface area (Å²) in [6.45, 7) is 5.11. The van der Waals surface area contributed by atoms with Crippen LogP contribution in [0.15, 0.2) is 30.3 Å². The fourth-order valence-electron chi connectivity index (χ4n) is 3.50. The van der Waals surface area contributed by atoms with Crippen molar-refractivity contribution in [3.8, 4) is 5.75 Å². The highest BCUT2D eigenvalue weighted by Crippen LogP contribution is 2.46. The van der Waals surface area contributed by atoms with E-state index in [1.54, 1.807) is 51.1 Å². The maximum Gasteiger partial charge on any atom is 0.315 e. The number of benzene rings is 1. The first-order valence-corrected chi connectivity index (χ1v) is 8.84. The number of para-hydroxylation sites is 1. The summed E-state index contributed by atoms with van der Waals surface area (Å²) in [6.07, 6.45) is -0.625. The molecule has 144 valence electrons. The molecule has 1 aliphatic carbocycles. The van der Waals surface area contributed by atoms with E-state index in [1.165, 1.54) is 0 Å². The number of ketones is 1. The zero-order valence-corrected chi connectivity index (χ0v) is 15.5. The Morgan fingerprint density at radius 1 is 1.19 bits per heavy atom. The third-order valence-corrected chi connectivity index (χ3v) is 4.66. The fourth-order valence-corrected chi connectivity index (χ4v) is 3.50. The number of esters is 3. The zero-order valence-electron chi connectivity index (χ0n) is 15.5. The van der Waals surface area contributed by atoms with Crippen LogP contribution < -0.4 is 4.74 Å². The van der Waals surface area contributed by atoms with Crippen molar-refractivity contribution in [2.45, 2.75) is 51.2 Å². The van der Waals surface area contributed by atoms with Gasteiger partial charge in [-0.25, -0.2) is 0 Å². The molecule has 4 rings (SSSR count). The molecule has 0 aromatic heterocycles. The molecule has 3 aliphatic rings. The molecule has 0 spiro atoms. The van der Waals surface area contributed by atoms with E-state index >= 15 is 0 Å². The number of Topliss-reactive ketones (excluding diaryl/α,β-unsaturated/α-hetero) is 1. The van der Waals surface area contributed by atoms with E-state index in [2.05, 4.69) is 0 Å². The molecule has 1 aromatic carbocycles. The molecular weight excluding hydrogens is 352 g/mol. The molecule has 7 nitrogen and oxygen atoms in total. The standard InChI is InChI=1S/C20H22O7/c1-19(2,3)26-16(22)11-20-10-14(13(9-15(20)21)18(24)27-20)17(23)25-12-7-5-4-6-8-12/h4-8,13-14H,9-11H2,1-3H3/t13-,14+,20+/m0/s1. The lowest BCUT2D eigenvalue weighted by molar-refractivity contribution is -0.205. The highest BCUT2D eigenvalue weighted by atomic mass is 16.6. The summed E-state index contributed by atoms with van der Waals surface area (Å²) in [5.41, 5.74) is -2.40. The van der Waals surface area contributed by atoms with Crippen molar-refractivity contribution >= 4 is 23.7 Å². The van der Waals surface area contributed by atoms with Crippen LogP contribution in [0.25, 0.3) is 0 Å². The maximum atomic E-state index is 12.6. The maximum absolute atomic E-state index is 12.6. The van der Waals surface area contributed by atoms with Gasteiger partial charge in [0.25, 0.3) is 0 Å². The SMILES string of the molecule is CC(C)(C)OC(=O)C[C@]12C[C@@H](C(=O)Oc3ccccc3)[C@H](CC1=O)C(=O)O2. The third-order valence-electron chi connectivity index (χ3n) is 4.66. The van der Waals surface area contributed by atoms with E-state index in [0.29, 0.717) is 5.75 Å². The normalized spacial score (nSPS) is 27.1. The van der Waals surface area contributed by atoms with Crippen molar-refractivity contribution < 1.29 is 33.4 Å². The quantitative estimate of drug-likeness (QED) is 0.589. The van der Waals surface area contributed by atoms with Crippen LogP contribution in [0.3, 0.4) is 0 Å². The van der Waals surface area contributed by atoms with E-state index in [-0.39, 0.29) is 18.6 Å². The van der Waals surface area contributed by atoms with Crippen molar-refractivity contribution in [1.82, 2.24) is 0 Å². The lowest BCUT2D eigenvalue weighted by Crippen LogP contribution is -2.61. The van der Waals surface area contributed by atoms with Gasteiger partial charge in [0, 0.05) is 12.8 Å². The Labute approximate surface area is 157 Å². The van der Waals surface area contributed by atoms with Gasteiger partial charge in [-0.15, -0.1) is 0 Å². The van der Waals surface area contributed by atoms with Crippen LogP contribution in [0.2, 0.25) is 0 Å². The lowest BCUT2D eigenvalue weighted by Gasteiger charge is -2.46. The van der Waals surface area contributed by atoms with Crippen molar-refractivity contribution in [1.29, 1.82) is 0 Å². The first kappa shape index (κ1) is 19.1. The Balaban J connectivity index is 1.79. The minimum absolute atomic E-state index is 0.0762. The minimum atomic E-state index is -1.66. The van der Waals surface area contributed by atoms with Gasteiger partial charge in [-0.2, -0.15) is 0 Å². The van der Waals surface area contributed by atoms with E-state index in [1.807, 2.05) is 0 Å². The van der Waals surface area contributed by atoms with E-state index in [9.17, 15) is 19.2 Å². The average molecular weight is 374 g/mol. The molecule has 7 heteroatoms. The average Bonchev–Trinajstić information content (AvgIpc) is 2.55. The molecule has 0 radical (unpaired) electrons. The van der Waals surface area contributed by atoms with E-state index in [0.717, 1.165) is 0 Å². The number of ether oxygens (including phenoxy) is 3. The van der Waals surface area contributed by atoms with Gasteiger partial charge in [-0.3, -0.25) is 19.2 Å². The first-order chi connectivity index (χ1) is 12.6. The Morgan fingerprint density at radius 3 is 2.48 bits per heavy atom. The summed E-state index contributed by atoms with van der Waals surface area (Å²) in [7, 11) is 0. The molecule has 3 fully saturated rings. The number of rotatable bonds is 4. The minimum Gasteiger partial charge on any atom is -0.460 e.